The van der Waals surface area contributed by atoms with E-state index in [1.165, 1.54) is 0 Å². The largest absolute Gasteiger partial charge is 0.462 e. The van der Waals surface area contributed by atoms with E-state index in [4.69, 9.17) is 4.74 Å². The Hall–Kier alpha value is -4.19. The lowest BCUT2D eigenvalue weighted by Crippen LogP contribution is -2.20. The maximum Gasteiger partial charge on any atom is 0.340 e. The minimum atomic E-state index is -0.360. The predicted octanol–water partition coefficient (Wildman–Crippen LogP) is 5.12. The molecule has 0 saturated heterocycles. The summed E-state index contributed by atoms with van der Waals surface area (Å²) < 4.78 is 7.21. The van der Waals surface area contributed by atoms with Crippen molar-refractivity contribution in [3.63, 3.8) is 0 Å². The Balaban J connectivity index is 1.52. The van der Waals surface area contributed by atoms with E-state index in [-0.39, 0.29) is 18.3 Å². The predicted molar refractivity (Wildman–Crippen MR) is 135 cm³/mol. The number of para-hydroxylation sites is 1. The van der Waals surface area contributed by atoms with Gasteiger partial charge < -0.3 is 9.30 Å². The fourth-order valence-corrected chi connectivity index (χ4v) is 4.17. The molecule has 0 aliphatic carbocycles. The minimum Gasteiger partial charge on any atom is -0.462 e. The molecule has 0 aliphatic rings. The third-order valence-electron chi connectivity index (χ3n) is 5.73. The lowest BCUT2D eigenvalue weighted by molar-refractivity contribution is -0.120. The maximum atomic E-state index is 12.5. The lowest BCUT2D eigenvalue weighted by atomic mass is 10.0. The normalized spacial score (nSPS) is 11.1. The molecule has 34 heavy (non-hydrogen) atoms. The van der Waals surface area contributed by atoms with Crippen LogP contribution in [-0.2, 0) is 16.0 Å². The number of amides is 1. The monoisotopic (exact) mass is 453 g/mol. The van der Waals surface area contributed by atoms with Gasteiger partial charge >= 0.3 is 5.97 Å². The molecule has 0 unspecified atom stereocenters. The fourth-order valence-electron chi connectivity index (χ4n) is 4.17. The summed E-state index contributed by atoms with van der Waals surface area (Å²) in [4.78, 5) is 25.0. The molecule has 4 aromatic rings. The van der Waals surface area contributed by atoms with Crippen LogP contribution in [0, 0.1) is 13.8 Å². The summed E-state index contributed by atoms with van der Waals surface area (Å²) in [5.74, 6) is -0.546. The molecule has 1 aromatic heterocycles. The van der Waals surface area contributed by atoms with Crippen molar-refractivity contribution in [2.45, 2.75) is 27.2 Å². The zero-order chi connectivity index (χ0) is 24.1. The highest BCUT2D eigenvalue weighted by molar-refractivity contribution is 5.94. The summed E-state index contributed by atoms with van der Waals surface area (Å²) in [5, 5.41) is 6.35. The van der Waals surface area contributed by atoms with E-state index in [0.29, 0.717) is 12.2 Å². The standard InChI is InChI=1S/C28H27N3O3/c1-4-34-28(33)25-14-7-8-15-26(25)31-19(2)16-23(20(31)3)18-29-30-27(32)17-22-12-9-11-21-10-5-6-13-24(21)22/h5-16,18H,4,17H2,1-3H3,(H,30,32)/b29-18-. The molecule has 0 bridgehead atoms. The van der Waals surface area contributed by atoms with Gasteiger partial charge in [-0.2, -0.15) is 5.10 Å². The second kappa shape index (κ2) is 10.2. The van der Waals surface area contributed by atoms with Crippen LogP contribution in [0.25, 0.3) is 16.5 Å². The molecule has 1 amide bonds. The molecule has 1 N–H and O–H groups in total. The molecular weight excluding hydrogens is 426 g/mol. The summed E-state index contributed by atoms with van der Waals surface area (Å²) in [7, 11) is 0. The molecule has 0 atom stereocenters. The molecule has 0 spiro atoms. The molecule has 0 saturated carbocycles. The second-order valence-electron chi connectivity index (χ2n) is 8.01. The van der Waals surface area contributed by atoms with Crippen molar-refractivity contribution in [2.75, 3.05) is 6.61 Å². The zero-order valence-corrected chi connectivity index (χ0v) is 19.5. The Morgan fingerprint density at radius 1 is 1.00 bits per heavy atom. The first kappa shape index (κ1) is 23.0. The summed E-state index contributed by atoms with van der Waals surface area (Å²) in [6, 6.07) is 23.3. The minimum absolute atomic E-state index is 0.186. The molecule has 172 valence electrons. The molecule has 6 heteroatoms. The van der Waals surface area contributed by atoms with Crippen LogP contribution in [0.4, 0.5) is 0 Å². The molecule has 6 nitrogen and oxygen atoms in total. The van der Waals surface area contributed by atoms with Crippen LogP contribution in [0.2, 0.25) is 0 Å². The van der Waals surface area contributed by atoms with Gasteiger partial charge in [0.15, 0.2) is 0 Å². The average molecular weight is 454 g/mol. The van der Waals surface area contributed by atoms with Gasteiger partial charge in [0.1, 0.15) is 0 Å². The number of aryl methyl sites for hydroxylation is 1. The number of carbonyl (C=O) groups excluding carboxylic acids is 2. The number of hydrazone groups is 1. The van der Waals surface area contributed by atoms with Gasteiger partial charge in [-0.05, 0) is 55.3 Å². The van der Waals surface area contributed by atoms with Gasteiger partial charge in [0.2, 0.25) is 5.91 Å². The first-order valence-electron chi connectivity index (χ1n) is 11.2. The van der Waals surface area contributed by atoms with E-state index in [0.717, 1.165) is 39.0 Å². The van der Waals surface area contributed by atoms with E-state index in [1.807, 2.05) is 85.1 Å². The van der Waals surface area contributed by atoms with Gasteiger partial charge in [-0.3, -0.25) is 4.79 Å². The van der Waals surface area contributed by atoms with Crippen molar-refractivity contribution < 1.29 is 14.3 Å². The van der Waals surface area contributed by atoms with Crippen LogP contribution in [0.1, 0.15) is 39.8 Å². The summed E-state index contributed by atoms with van der Waals surface area (Å²) in [6.07, 6.45) is 1.87. The van der Waals surface area contributed by atoms with Crippen molar-refractivity contribution in [3.05, 3.63) is 101 Å². The van der Waals surface area contributed by atoms with Crippen LogP contribution >= 0.6 is 0 Å². The van der Waals surface area contributed by atoms with Crippen LogP contribution in [0.5, 0.6) is 0 Å². The second-order valence-corrected chi connectivity index (χ2v) is 8.01. The zero-order valence-electron chi connectivity index (χ0n) is 19.5. The van der Waals surface area contributed by atoms with Gasteiger partial charge in [0, 0.05) is 17.0 Å². The van der Waals surface area contributed by atoms with E-state index in [9.17, 15) is 9.59 Å². The van der Waals surface area contributed by atoms with Crippen molar-refractivity contribution in [1.29, 1.82) is 0 Å². The molecule has 0 aliphatic heterocycles. The Bertz CT molecular complexity index is 1380. The highest BCUT2D eigenvalue weighted by Crippen LogP contribution is 2.23. The van der Waals surface area contributed by atoms with E-state index in [1.54, 1.807) is 19.2 Å². The number of fused-ring (bicyclic) bond motifs is 1. The SMILES string of the molecule is CCOC(=O)c1ccccc1-n1c(C)cc(/C=N\NC(=O)Cc2cccc3ccccc23)c1C. The van der Waals surface area contributed by atoms with Crippen molar-refractivity contribution in [3.8, 4) is 5.69 Å². The first-order chi connectivity index (χ1) is 16.5. The number of nitrogens with one attached hydrogen (secondary N) is 1. The Morgan fingerprint density at radius 2 is 1.74 bits per heavy atom. The molecule has 3 aromatic carbocycles. The van der Waals surface area contributed by atoms with Gasteiger partial charge in [-0.25, -0.2) is 10.2 Å². The Labute approximate surface area is 198 Å². The number of ether oxygens (including phenoxy) is 1. The number of esters is 1. The maximum absolute atomic E-state index is 12.5. The van der Waals surface area contributed by atoms with Crippen LogP contribution in [0.3, 0.4) is 0 Å². The van der Waals surface area contributed by atoms with E-state index in [2.05, 4.69) is 10.5 Å². The van der Waals surface area contributed by atoms with Crippen LogP contribution in [0.15, 0.2) is 77.9 Å². The summed E-state index contributed by atoms with van der Waals surface area (Å²) >= 11 is 0. The number of hydrogen-bond acceptors (Lipinski definition) is 4. The molecule has 0 radical (unpaired) electrons. The van der Waals surface area contributed by atoms with Crippen LogP contribution < -0.4 is 5.43 Å². The number of nitrogens with zero attached hydrogens (tertiary/aromatic N) is 2. The van der Waals surface area contributed by atoms with E-state index < -0.39 is 0 Å². The van der Waals surface area contributed by atoms with Crippen LogP contribution in [-0.4, -0.2) is 29.3 Å². The number of carbonyl (C=O) groups is 2. The third kappa shape index (κ3) is 4.76. The highest BCUT2D eigenvalue weighted by Gasteiger charge is 2.17. The Morgan fingerprint density at radius 3 is 2.56 bits per heavy atom. The van der Waals surface area contributed by atoms with Gasteiger partial charge in [-0.15, -0.1) is 0 Å². The third-order valence-corrected chi connectivity index (χ3v) is 5.73. The van der Waals surface area contributed by atoms with Gasteiger partial charge in [0.05, 0.1) is 30.5 Å². The molecular formula is C28H27N3O3. The number of aromatic nitrogens is 1. The fraction of sp³-hybridized carbons (Fsp3) is 0.179. The Kier molecular flexibility index (Phi) is 6.87. The topological polar surface area (TPSA) is 72.7 Å². The number of rotatable bonds is 7. The first-order valence-corrected chi connectivity index (χ1v) is 11.2. The van der Waals surface area contributed by atoms with Gasteiger partial charge in [-0.1, -0.05) is 54.6 Å². The number of benzene rings is 3. The molecule has 4 rings (SSSR count). The van der Waals surface area contributed by atoms with Crippen molar-refractivity contribution in [2.24, 2.45) is 5.10 Å². The van der Waals surface area contributed by atoms with Crippen molar-refractivity contribution >= 4 is 28.9 Å². The lowest BCUT2D eigenvalue weighted by Gasteiger charge is -2.14. The highest BCUT2D eigenvalue weighted by atomic mass is 16.5. The summed E-state index contributed by atoms with van der Waals surface area (Å²) in [5.41, 5.74) is 7.53. The smallest absolute Gasteiger partial charge is 0.340 e. The van der Waals surface area contributed by atoms with Crippen molar-refractivity contribution in [1.82, 2.24) is 9.99 Å². The quantitative estimate of drug-likeness (QED) is 0.240. The number of hydrogen-bond donors (Lipinski definition) is 1. The van der Waals surface area contributed by atoms with E-state index >= 15 is 0 Å². The molecule has 0 fully saturated rings. The van der Waals surface area contributed by atoms with Gasteiger partial charge in [0.25, 0.3) is 0 Å². The molecule has 1 heterocycles. The summed E-state index contributed by atoms with van der Waals surface area (Å²) in [6.45, 7) is 6.02. The average Bonchev–Trinajstić information content (AvgIpc) is 3.12.